The topological polar surface area (TPSA) is 176 Å². The number of aryl methyl sites for hydroxylation is 1. The van der Waals surface area contributed by atoms with Gasteiger partial charge in [-0.1, -0.05) is 54.6 Å². The molecule has 0 heterocycles. The van der Waals surface area contributed by atoms with Gasteiger partial charge in [0, 0.05) is 19.3 Å². The van der Waals surface area contributed by atoms with Crippen LogP contribution in [-0.2, 0) is 36.8 Å². The van der Waals surface area contributed by atoms with E-state index < -0.39 is 54.6 Å². The number of primary amides is 1. The highest BCUT2D eigenvalue weighted by molar-refractivity contribution is 5.92. The minimum absolute atomic E-state index is 0.0626. The normalized spacial score (nSPS) is 12.2. The lowest BCUT2D eigenvalue weighted by atomic mass is 10.0. The van der Waals surface area contributed by atoms with E-state index in [1.54, 1.807) is 0 Å². The third kappa shape index (κ3) is 10.4. The van der Waals surface area contributed by atoms with Crippen LogP contribution in [0.1, 0.15) is 48.8 Å². The molecule has 192 valence electrons. The van der Waals surface area contributed by atoms with E-state index in [1.807, 2.05) is 54.6 Å². The van der Waals surface area contributed by atoms with Gasteiger partial charge in [-0.2, -0.15) is 0 Å². The number of hydrogen-bond acceptors (Lipinski definition) is 5. The molecule has 0 radical (unpaired) electrons. The van der Waals surface area contributed by atoms with Gasteiger partial charge in [0.15, 0.2) is 0 Å². The van der Waals surface area contributed by atoms with Crippen molar-refractivity contribution >= 4 is 29.7 Å². The molecule has 2 atom stereocenters. The molecule has 0 aliphatic rings. The first-order valence-electron chi connectivity index (χ1n) is 11.6. The Labute approximate surface area is 208 Å². The van der Waals surface area contributed by atoms with Crippen LogP contribution >= 0.6 is 0 Å². The highest BCUT2D eigenvalue weighted by Gasteiger charge is 2.26. The van der Waals surface area contributed by atoms with Crippen LogP contribution in [0, 0.1) is 0 Å². The minimum atomic E-state index is -1.26. The number of nitrogens with one attached hydrogen (secondary N) is 2. The van der Waals surface area contributed by atoms with E-state index in [9.17, 15) is 24.0 Å². The van der Waals surface area contributed by atoms with E-state index in [-0.39, 0.29) is 19.3 Å². The van der Waals surface area contributed by atoms with Crippen molar-refractivity contribution in [3.05, 3.63) is 71.3 Å². The maximum Gasteiger partial charge on any atom is 0.303 e. The van der Waals surface area contributed by atoms with Crippen molar-refractivity contribution in [2.75, 3.05) is 0 Å². The summed E-state index contributed by atoms with van der Waals surface area (Å²) in [5, 5.41) is 22.6. The number of aliphatic carboxylic acids is 2. The second kappa shape index (κ2) is 14.2. The number of carboxylic acid groups (broad SMARTS) is 2. The predicted molar refractivity (Wildman–Crippen MR) is 131 cm³/mol. The molecule has 0 saturated heterocycles. The SMILES string of the molecule is NC(=O)C(CCC(=O)O)NC(=O)[C@H](CCC(=O)O)NC(=O)CCc1ccc(Cc2ccccc2)cc1. The molecule has 0 aliphatic carbocycles. The smallest absolute Gasteiger partial charge is 0.303 e. The number of hydrogen-bond donors (Lipinski definition) is 5. The highest BCUT2D eigenvalue weighted by atomic mass is 16.4. The molecule has 3 amide bonds. The Morgan fingerprint density at radius 2 is 1.22 bits per heavy atom. The van der Waals surface area contributed by atoms with Crippen molar-refractivity contribution < 1.29 is 34.2 Å². The number of carboxylic acids is 2. The maximum absolute atomic E-state index is 12.6. The van der Waals surface area contributed by atoms with Gasteiger partial charge in [-0.25, -0.2) is 0 Å². The third-order valence-electron chi connectivity index (χ3n) is 5.52. The molecule has 2 aromatic carbocycles. The first-order valence-corrected chi connectivity index (χ1v) is 11.6. The Hall–Kier alpha value is -4.21. The fourth-order valence-electron chi connectivity index (χ4n) is 3.54. The molecule has 10 heteroatoms. The van der Waals surface area contributed by atoms with E-state index >= 15 is 0 Å². The molecule has 0 saturated carbocycles. The number of amides is 3. The second-order valence-corrected chi connectivity index (χ2v) is 8.43. The molecule has 2 aromatic rings. The van der Waals surface area contributed by atoms with Gasteiger partial charge in [0.05, 0.1) is 0 Å². The fourth-order valence-corrected chi connectivity index (χ4v) is 3.54. The van der Waals surface area contributed by atoms with Crippen molar-refractivity contribution in [3.8, 4) is 0 Å². The van der Waals surface area contributed by atoms with Crippen LogP contribution in [0.5, 0.6) is 0 Å². The minimum Gasteiger partial charge on any atom is -0.481 e. The van der Waals surface area contributed by atoms with Crippen molar-refractivity contribution in [2.24, 2.45) is 5.73 Å². The van der Waals surface area contributed by atoms with Gasteiger partial charge in [0.1, 0.15) is 12.1 Å². The summed E-state index contributed by atoms with van der Waals surface area (Å²) >= 11 is 0. The standard InChI is InChI=1S/C26H31N3O7/c27-25(35)20(11-14-23(31)32)29-26(36)21(12-15-24(33)34)28-22(30)13-10-17-6-8-19(9-7-17)16-18-4-2-1-3-5-18/h1-9,20-21H,10-16H2,(H2,27,35)(H,28,30)(H,29,36)(H,31,32)(H,33,34)/t20?,21-/m0/s1. The molecule has 1 unspecified atom stereocenters. The number of nitrogens with two attached hydrogens (primary N) is 1. The Balaban J connectivity index is 1.93. The first kappa shape index (κ1) is 28.0. The Bertz CT molecular complexity index is 1050. The van der Waals surface area contributed by atoms with Crippen LogP contribution in [0.4, 0.5) is 0 Å². The average molecular weight is 498 g/mol. The maximum atomic E-state index is 12.6. The molecule has 36 heavy (non-hydrogen) atoms. The van der Waals surface area contributed by atoms with Gasteiger partial charge in [-0.05, 0) is 42.4 Å². The van der Waals surface area contributed by atoms with E-state index in [2.05, 4.69) is 10.6 Å². The molecule has 10 nitrogen and oxygen atoms in total. The molecular formula is C26H31N3O7. The summed E-state index contributed by atoms with van der Waals surface area (Å²) in [4.78, 5) is 58.5. The zero-order chi connectivity index (χ0) is 26.5. The van der Waals surface area contributed by atoms with Gasteiger partial charge in [0.25, 0.3) is 0 Å². The van der Waals surface area contributed by atoms with Crippen LogP contribution in [0.2, 0.25) is 0 Å². The van der Waals surface area contributed by atoms with Gasteiger partial charge in [-0.3, -0.25) is 24.0 Å². The number of rotatable bonds is 15. The first-order chi connectivity index (χ1) is 17.1. The van der Waals surface area contributed by atoms with Gasteiger partial charge in [-0.15, -0.1) is 0 Å². The largest absolute Gasteiger partial charge is 0.481 e. The van der Waals surface area contributed by atoms with Crippen LogP contribution in [0.25, 0.3) is 0 Å². The second-order valence-electron chi connectivity index (χ2n) is 8.43. The molecular weight excluding hydrogens is 466 g/mol. The number of carbonyl (C=O) groups is 5. The third-order valence-corrected chi connectivity index (χ3v) is 5.52. The Kier molecular flexibility index (Phi) is 11.1. The highest BCUT2D eigenvalue weighted by Crippen LogP contribution is 2.12. The van der Waals surface area contributed by atoms with Gasteiger partial charge >= 0.3 is 11.9 Å². The summed E-state index contributed by atoms with van der Waals surface area (Å²) in [6, 6.07) is 15.4. The van der Waals surface area contributed by atoms with Crippen molar-refractivity contribution in [3.63, 3.8) is 0 Å². The van der Waals surface area contributed by atoms with Gasteiger partial charge < -0.3 is 26.6 Å². The molecule has 0 aromatic heterocycles. The van der Waals surface area contributed by atoms with E-state index in [0.717, 1.165) is 17.5 Å². The van der Waals surface area contributed by atoms with Crippen LogP contribution in [0.15, 0.2) is 54.6 Å². The lowest BCUT2D eigenvalue weighted by Gasteiger charge is -2.21. The molecule has 0 fully saturated rings. The summed E-state index contributed by atoms with van der Waals surface area (Å²) in [6.07, 6.45) is 0.0463. The summed E-state index contributed by atoms with van der Waals surface area (Å²) in [7, 11) is 0. The van der Waals surface area contributed by atoms with E-state index in [0.29, 0.717) is 6.42 Å². The molecule has 6 N–H and O–H groups in total. The average Bonchev–Trinajstić information content (AvgIpc) is 2.84. The number of carbonyl (C=O) groups excluding carboxylic acids is 3. The van der Waals surface area contributed by atoms with E-state index in [1.165, 1.54) is 5.56 Å². The number of benzene rings is 2. The fraction of sp³-hybridized carbons (Fsp3) is 0.346. The van der Waals surface area contributed by atoms with Crippen molar-refractivity contribution in [1.29, 1.82) is 0 Å². The summed E-state index contributed by atoms with van der Waals surface area (Å²) in [6.45, 7) is 0. The van der Waals surface area contributed by atoms with Crippen LogP contribution < -0.4 is 16.4 Å². The van der Waals surface area contributed by atoms with E-state index in [4.69, 9.17) is 15.9 Å². The van der Waals surface area contributed by atoms with Crippen molar-refractivity contribution in [2.45, 2.75) is 57.0 Å². The summed E-state index contributed by atoms with van der Waals surface area (Å²) in [5.41, 5.74) is 8.48. The van der Waals surface area contributed by atoms with Crippen molar-refractivity contribution in [1.82, 2.24) is 10.6 Å². The van der Waals surface area contributed by atoms with Gasteiger partial charge in [0.2, 0.25) is 17.7 Å². The quantitative estimate of drug-likeness (QED) is 0.247. The lowest BCUT2D eigenvalue weighted by Crippen LogP contribution is -2.53. The molecule has 0 bridgehead atoms. The molecule has 2 rings (SSSR count). The summed E-state index contributed by atoms with van der Waals surface area (Å²) < 4.78 is 0. The molecule has 0 aliphatic heterocycles. The lowest BCUT2D eigenvalue weighted by molar-refractivity contribution is -0.139. The van der Waals surface area contributed by atoms with Crippen LogP contribution in [0.3, 0.4) is 0 Å². The van der Waals surface area contributed by atoms with Crippen LogP contribution in [-0.4, -0.2) is 52.0 Å². The summed E-state index contributed by atoms with van der Waals surface area (Å²) in [5.74, 6) is -4.52. The zero-order valence-corrected chi connectivity index (χ0v) is 19.8. The Morgan fingerprint density at radius 3 is 1.78 bits per heavy atom. The Morgan fingerprint density at radius 1 is 0.694 bits per heavy atom. The monoisotopic (exact) mass is 497 g/mol. The zero-order valence-electron chi connectivity index (χ0n) is 19.8. The molecule has 0 spiro atoms. The predicted octanol–water partition coefficient (Wildman–Crippen LogP) is 1.39.